The summed E-state index contributed by atoms with van der Waals surface area (Å²) in [4.78, 5) is 11.6. The molecule has 2 nitrogen and oxygen atoms in total. The number of hydrogen-bond acceptors (Lipinski definition) is 2. The van der Waals surface area contributed by atoms with Crippen molar-refractivity contribution in [2.45, 2.75) is 59.3 Å². The molecular weight excluding hydrogens is 248 g/mol. The van der Waals surface area contributed by atoms with Crippen molar-refractivity contribution in [3.05, 3.63) is 23.3 Å². The molecule has 0 saturated carbocycles. The Kier molecular flexibility index (Phi) is 10.5. The third-order valence-corrected chi connectivity index (χ3v) is 3.39. The Labute approximate surface area is 124 Å². The molecule has 0 saturated heterocycles. The van der Waals surface area contributed by atoms with Gasteiger partial charge < -0.3 is 4.74 Å². The first-order valence-electron chi connectivity index (χ1n) is 7.44. The number of carbonyl (C=O) groups is 1. The average molecular weight is 276 g/mol. The molecule has 0 rings (SSSR count). The third-order valence-electron chi connectivity index (χ3n) is 3.39. The predicted molar refractivity (Wildman–Crippen MR) is 85.2 cm³/mol. The molecule has 112 valence electrons. The van der Waals surface area contributed by atoms with Gasteiger partial charge in [0.15, 0.2) is 0 Å². The van der Waals surface area contributed by atoms with E-state index in [0.29, 0.717) is 17.9 Å². The Hall–Kier alpha value is -1.49. The molecular formula is C18H28O2. The number of rotatable bonds is 9. The fraction of sp³-hybridized carbons (Fsp3) is 0.611. The average Bonchev–Trinajstić information content (AvgIpc) is 2.44. The maximum atomic E-state index is 11.6. The molecule has 0 heterocycles. The second-order valence-electron chi connectivity index (χ2n) is 5.27. The Morgan fingerprint density at radius 2 is 2.10 bits per heavy atom. The highest BCUT2D eigenvalue weighted by Gasteiger charge is 2.10. The first-order chi connectivity index (χ1) is 9.56. The minimum absolute atomic E-state index is 0.314. The zero-order chi connectivity index (χ0) is 15.4. The van der Waals surface area contributed by atoms with E-state index in [2.05, 4.69) is 25.8 Å². The molecule has 0 aromatic heterocycles. The lowest BCUT2D eigenvalue weighted by molar-refractivity contribution is -0.136. The largest absolute Gasteiger partial charge is 0.466 e. The lowest BCUT2D eigenvalue weighted by atomic mass is 9.98. The van der Waals surface area contributed by atoms with Gasteiger partial charge in [-0.2, -0.15) is 0 Å². The van der Waals surface area contributed by atoms with E-state index >= 15 is 0 Å². The summed E-state index contributed by atoms with van der Waals surface area (Å²) in [7, 11) is 1.38. The Bertz CT molecular complexity index is 383. The van der Waals surface area contributed by atoms with Crippen LogP contribution in [0.3, 0.4) is 0 Å². The summed E-state index contributed by atoms with van der Waals surface area (Å²) in [5.41, 5.74) is 1.47. The van der Waals surface area contributed by atoms with E-state index in [4.69, 9.17) is 11.2 Å². The van der Waals surface area contributed by atoms with E-state index < -0.39 is 0 Å². The number of unbranched alkanes of at least 4 members (excludes halogenated alkanes) is 2. The minimum atomic E-state index is -0.332. The van der Waals surface area contributed by atoms with Gasteiger partial charge in [0.25, 0.3) is 0 Å². The second kappa shape index (κ2) is 11.3. The minimum Gasteiger partial charge on any atom is -0.466 e. The van der Waals surface area contributed by atoms with Gasteiger partial charge in [-0.05, 0) is 24.8 Å². The molecule has 0 aromatic rings. The number of ether oxygens (including phenoxy) is 1. The summed E-state index contributed by atoms with van der Waals surface area (Å²) in [6, 6.07) is 0. The van der Waals surface area contributed by atoms with Crippen LogP contribution in [0, 0.1) is 18.3 Å². The maximum absolute atomic E-state index is 11.6. The Morgan fingerprint density at radius 3 is 2.65 bits per heavy atom. The van der Waals surface area contributed by atoms with Crippen LogP contribution in [0.4, 0.5) is 0 Å². The molecule has 0 radical (unpaired) electrons. The summed E-state index contributed by atoms with van der Waals surface area (Å²) in [6.07, 6.45) is 15.9. The van der Waals surface area contributed by atoms with Gasteiger partial charge in [0.1, 0.15) is 0 Å². The molecule has 0 spiro atoms. The van der Waals surface area contributed by atoms with Crippen molar-refractivity contribution in [3.8, 4) is 12.3 Å². The van der Waals surface area contributed by atoms with E-state index in [1.165, 1.54) is 32.8 Å². The lowest BCUT2D eigenvalue weighted by Crippen LogP contribution is -2.06. The first kappa shape index (κ1) is 18.5. The molecule has 1 unspecified atom stereocenters. The molecule has 0 amide bonds. The molecule has 0 aliphatic rings. The highest BCUT2D eigenvalue weighted by molar-refractivity contribution is 5.90. The second-order valence-corrected chi connectivity index (χ2v) is 5.27. The van der Waals surface area contributed by atoms with Gasteiger partial charge in [-0.15, -0.1) is 12.3 Å². The zero-order valence-corrected chi connectivity index (χ0v) is 13.4. The molecule has 2 heteroatoms. The number of carbonyl (C=O) groups excluding carboxylic acids is 1. The topological polar surface area (TPSA) is 26.3 Å². The van der Waals surface area contributed by atoms with Crippen LogP contribution in [0.25, 0.3) is 0 Å². The summed E-state index contributed by atoms with van der Waals surface area (Å²) in [5, 5.41) is 0. The van der Waals surface area contributed by atoms with Crippen LogP contribution in [-0.2, 0) is 9.53 Å². The highest BCUT2D eigenvalue weighted by Crippen LogP contribution is 2.16. The molecule has 0 aromatic carbocycles. The van der Waals surface area contributed by atoms with Crippen LogP contribution >= 0.6 is 0 Å². The molecule has 0 N–H and O–H groups in total. The standard InChI is InChI=1S/C18H28O2/c1-6-8-9-12-15(3)13-10-14-16(4)17(11-7-2)18(19)20-5/h2,10,14-15H,6,8-9,11-13H2,1,3-5H3. The van der Waals surface area contributed by atoms with E-state index in [0.717, 1.165) is 12.0 Å². The van der Waals surface area contributed by atoms with Gasteiger partial charge in [-0.3, -0.25) is 0 Å². The quantitative estimate of drug-likeness (QED) is 0.201. The molecule has 0 bridgehead atoms. The Morgan fingerprint density at radius 1 is 1.40 bits per heavy atom. The fourth-order valence-corrected chi connectivity index (χ4v) is 2.04. The summed E-state index contributed by atoms with van der Waals surface area (Å²) < 4.78 is 4.75. The van der Waals surface area contributed by atoms with Crippen molar-refractivity contribution in [2.75, 3.05) is 7.11 Å². The molecule has 0 aliphatic heterocycles. The smallest absolute Gasteiger partial charge is 0.334 e. The number of hydrogen-bond donors (Lipinski definition) is 0. The fourth-order valence-electron chi connectivity index (χ4n) is 2.04. The van der Waals surface area contributed by atoms with E-state index in [1.807, 2.05) is 13.0 Å². The van der Waals surface area contributed by atoms with Crippen LogP contribution in [-0.4, -0.2) is 13.1 Å². The molecule has 1 atom stereocenters. The normalized spacial score (nSPS) is 13.8. The van der Waals surface area contributed by atoms with E-state index in [1.54, 1.807) is 0 Å². The van der Waals surface area contributed by atoms with E-state index in [-0.39, 0.29) is 5.97 Å². The van der Waals surface area contributed by atoms with Crippen LogP contribution in [0.15, 0.2) is 23.3 Å². The van der Waals surface area contributed by atoms with Crippen molar-refractivity contribution in [2.24, 2.45) is 5.92 Å². The van der Waals surface area contributed by atoms with Gasteiger partial charge in [0, 0.05) is 6.42 Å². The first-order valence-corrected chi connectivity index (χ1v) is 7.44. The molecule has 0 aliphatic carbocycles. The van der Waals surface area contributed by atoms with Gasteiger partial charge in [-0.1, -0.05) is 51.7 Å². The van der Waals surface area contributed by atoms with Gasteiger partial charge >= 0.3 is 5.97 Å². The zero-order valence-electron chi connectivity index (χ0n) is 13.4. The number of methoxy groups -OCH3 is 1. The van der Waals surface area contributed by atoms with Crippen LogP contribution in [0.5, 0.6) is 0 Å². The third kappa shape index (κ3) is 7.84. The number of terminal acetylenes is 1. The lowest BCUT2D eigenvalue weighted by Gasteiger charge is -2.08. The van der Waals surface area contributed by atoms with Crippen molar-refractivity contribution >= 4 is 5.97 Å². The van der Waals surface area contributed by atoms with Crippen molar-refractivity contribution in [1.82, 2.24) is 0 Å². The predicted octanol–water partition coefficient (Wildman–Crippen LogP) is 4.66. The van der Waals surface area contributed by atoms with Crippen LogP contribution in [0.2, 0.25) is 0 Å². The van der Waals surface area contributed by atoms with Gasteiger partial charge in [0.05, 0.1) is 12.7 Å². The van der Waals surface area contributed by atoms with Crippen molar-refractivity contribution < 1.29 is 9.53 Å². The van der Waals surface area contributed by atoms with Crippen molar-refractivity contribution in [1.29, 1.82) is 0 Å². The Balaban J connectivity index is 4.46. The van der Waals surface area contributed by atoms with Gasteiger partial charge in [-0.25, -0.2) is 4.79 Å². The van der Waals surface area contributed by atoms with Crippen LogP contribution < -0.4 is 0 Å². The molecule has 0 fully saturated rings. The maximum Gasteiger partial charge on any atom is 0.334 e. The summed E-state index contributed by atoms with van der Waals surface area (Å²) in [6.45, 7) is 6.39. The summed E-state index contributed by atoms with van der Waals surface area (Å²) in [5.74, 6) is 2.85. The van der Waals surface area contributed by atoms with E-state index in [9.17, 15) is 4.79 Å². The number of allylic oxidation sites excluding steroid dienone is 3. The molecule has 20 heavy (non-hydrogen) atoms. The van der Waals surface area contributed by atoms with Gasteiger partial charge in [0.2, 0.25) is 0 Å². The van der Waals surface area contributed by atoms with Crippen molar-refractivity contribution in [3.63, 3.8) is 0 Å². The SMILES string of the molecule is C#CCC(C(=O)OC)=C(C)C=CCC(C)CCCCC. The monoisotopic (exact) mass is 276 g/mol. The number of esters is 1. The highest BCUT2D eigenvalue weighted by atomic mass is 16.5. The summed E-state index contributed by atoms with van der Waals surface area (Å²) >= 11 is 0. The van der Waals surface area contributed by atoms with Crippen LogP contribution in [0.1, 0.15) is 59.3 Å².